The maximum Gasteiger partial charge on any atom is 0.317 e. The van der Waals surface area contributed by atoms with Crippen molar-refractivity contribution in [1.82, 2.24) is 19.7 Å². The Labute approximate surface area is 148 Å². The minimum absolute atomic E-state index is 0.170. The number of nitrogens with one attached hydrogen (secondary N) is 1. The van der Waals surface area contributed by atoms with Gasteiger partial charge in [-0.1, -0.05) is 30.0 Å². The Hall–Kier alpha value is -2.32. The van der Waals surface area contributed by atoms with Gasteiger partial charge in [0.1, 0.15) is 5.25 Å². The summed E-state index contributed by atoms with van der Waals surface area (Å²) in [5, 5.41) is 28.0. The minimum atomic E-state index is -0.946. The summed E-state index contributed by atoms with van der Waals surface area (Å²) in [5.41, 5.74) is 2.00. The second-order valence-electron chi connectivity index (χ2n) is 6.11. The van der Waals surface area contributed by atoms with Crippen LogP contribution in [0.25, 0.3) is 22.3 Å². The monoisotopic (exact) mass is 358 g/mol. The van der Waals surface area contributed by atoms with Crippen molar-refractivity contribution in [3.8, 4) is 11.4 Å². The molecule has 1 aromatic carbocycles. The summed E-state index contributed by atoms with van der Waals surface area (Å²) in [5.74, 6) is -0.186. The van der Waals surface area contributed by atoms with Crippen LogP contribution in [0.3, 0.4) is 0 Å². The van der Waals surface area contributed by atoms with Gasteiger partial charge < -0.3 is 15.2 Å². The van der Waals surface area contributed by atoms with Crippen LogP contribution in [0.1, 0.15) is 25.3 Å². The summed E-state index contributed by atoms with van der Waals surface area (Å²) in [6, 6.07) is 8.31. The summed E-state index contributed by atoms with van der Waals surface area (Å²) in [7, 11) is 0. The van der Waals surface area contributed by atoms with Gasteiger partial charge in [0.15, 0.2) is 11.0 Å². The van der Waals surface area contributed by atoms with Gasteiger partial charge in [-0.3, -0.25) is 9.36 Å². The molecule has 1 aliphatic carbocycles. The first-order valence-corrected chi connectivity index (χ1v) is 9.08. The number of carboxylic acid groups (broad SMARTS) is 1. The van der Waals surface area contributed by atoms with Crippen LogP contribution >= 0.6 is 11.8 Å². The molecule has 0 spiro atoms. The largest absolute Gasteiger partial charge is 0.480 e. The lowest BCUT2D eigenvalue weighted by atomic mass is 10.1. The number of nitrogens with zero attached hydrogens (tertiary/aromatic N) is 3. The highest BCUT2D eigenvalue weighted by Gasteiger charge is 2.32. The first-order chi connectivity index (χ1) is 12.2. The highest BCUT2D eigenvalue weighted by molar-refractivity contribution is 8.00. The molecule has 0 unspecified atom stereocenters. The summed E-state index contributed by atoms with van der Waals surface area (Å²) < 4.78 is 2.05. The number of aliphatic hydroxyl groups is 1. The zero-order valence-corrected chi connectivity index (χ0v) is 14.2. The molecule has 1 aliphatic rings. The fourth-order valence-corrected chi connectivity index (χ4v) is 3.95. The number of carboxylic acids is 1. The Kier molecular flexibility index (Phi) is 4.22. The van der Waals surface area contributed by atoms with E-state index in [4.69, 9.17) is 5.11 Å². The van der Waals surface area contributed by atoms with Crippen molar-refractivity contribution in [1.29, 1.82) is 0 Å². The Morgan fingerprint density at radius 3 is 2.88 bits per heavy atom. The first kappa shape index (κ1) is 16.2. The zero-order valence-electron chi connectivity index (χ0n) is 13.4. The maximum atomic E-state index is 11.4. The van der Waals surface area contributed by atoms with Crippen LogP contribution in [-0.4, -0.2) is 47.8 Å². The quantitative estimate of drug-likeness (QED) is 0.561. The van der Waals surface area contributed by atoms with Gasteiger partial charge in [0, 0.05) is 35.3 Å². The van der Waals surface area contributed by atoms with Crippen LogP contribution in [0.4, 0.5) is 0 Å². The number of hydrogen-bond acceptors (Lipinski definition) is 5. The van der Waals surface area contributed by atoms with Crippen molar-refractivity contribution in [2.75, 3.05) is 6.61 Å². The molecule has 3 aromatic rings. The number of thioether (sulfide) groups is 1. The van der Waals surface area contributed by atoms with Crippen LogP contribution < -0.4 is 0 Å². The molecule has 0 saturated heterocycles. The highest BCUT2D eigenvalue weighted by atomic mass is 32.2. The summed E-state index contributed by atoms with van der Waals surface area (Å²) in [6.45, 7) is -0.170. The Bertz CT molecular complexity index is 916. The lowest BCUT2D eigenvalue weighted by Crippen LogP contribution is -2.18. The van der Waals surface area contributed by atoms with E-state index in [9.17, 15) is 9.90 Å². The summed E-state index contributed by atoms with van der Waals surface area (Å²) >= 11 is 1.16. The molecular weight excluding hydrogens is 340 g/mol. The topological polar surface area (TPSA) is 104 Å². The smallest absolute Gasteiger partial charge is 0.317 e. The second-order valence-corrected chi connectivity index (χ2v) is 7.28. The molecule has 0 radical (unpaired) electrons. The molecule has 0 bridgehead atoms. The van der Waals surface area contributed by atoms with E-state index in [-0.39, 0.29) is 13.0 Å². The standard InChI is InChI=1S/C17H18N4O3S/c22-8-7-14(16(23)24)25-17-20-19-15(21(17)10-5-6-10)12-9-18-13-4-2-1-3-11(12)13/h1-4,9-10,14,18,22H,5-8H2,(H,23,24)/t14-/m1/s1. The highest BCUT2D eigenvalue weighted by Crippen LogP contribution is 2.43. The summed E-state index contributed by atoms with van der Waals surface area (Å²) in [4.78, 5) is 14.7. The van der Waals surface area contributed by atoms with Gasteiger partial charge in [-0.15, -0.1) is 10.2 Å². The normalized spacial score (nSPS) is 15.6. The third-order valence-electron chi connectivity index (χ3n) is 4.32. The zero-order chi connectivity index (χ0) is 17.4. The number of H-pyrrole nitrogens is 1. The van der Waals surface area contributed by atoms with E-state index in [1.54, 1.807) is 0 Å². The van der Waals surface area contributed by atoms with Gasteiger partial charge in [0.2, 0.25) is 0 Å². The van der Waals surface area contributed by atoms with Gasteiger partial charge in [-0.05, 0) is 25.3 Å². The van der Waals surface area contributed by atoms with Crippen LogP contribution in [0, 0.1) is 0 Å². The minimum Gasteiger partial charge on any atom is -0.480 e. The average Bonchev–Trinajstić information content (AvgIpc) is 3.22. The predicted octanol–water partition coefficient (Wildman–Crippen LogP) is 2.69. The van der Waals surface area contributed by atoms with E-state index in [1.807, 2.05) is 35.0 Å². The van der Waals surface area contributed by atoms with Crippen molar-refractivity contribution in [2.24, 2.45) is 0 Å². The number of aromatic nitrogens is 4. The Morgan fingerprint density at radius 1 is 1.36 bits per heavy atom. The second kappa shape index (κ2) is 6.53. The fourth-order valence-electron chi connectivity index (χ4n) is 2.94. The third kappa shape index (κ3) is 3.03. The Balaban J connectivity index is 1.75. The van der Waals surface area contributed by atoms with Crippen LogP contribution in [-0.2, 0) is 4.79 Å². The third-order valence-corrected chi connectivity index (χ3v) is 5.53. The van der Waals surface area contributed by atoms with Crippen molar-refractivity contribution in [2.45, 2.75) is 35.7 Å². The molecule has 8 heteroatoms. The van der Waals surface area contributed by atoms with Gasteiger partial charge in [-0.2, -0.15) is 0 Å². The number of aromatic amines is 1. The van der Waals surface area contributed by atoms with Gasteiger partial charge in [-0.25, -0.2) is 0 Å². The number of carbonyl (C=O) groups is 1. The lowest BCUT2D eigenvalue weighted by molar-refractivity contribution is -0.136. The molecule has 2 aromatic heterocycles. The molecule has 0 aliphatic heterocycles. The van der Waals surface area contributed by atoms with E-state index in [0.29, 0.717) is 11.2 Å². The number of hydrogen-bond donors (Lipinski definition) is 3. The van der Waals surface area contributed by atoms with E-state index < -0.39 is 11.2 Å². The molecule has 25 heavy (non-hydrogen) atoms. The number of para-hydroxylation sites is 1. The van der Waals surface area contributed by atoms with Crippen LogP contribution in [0.15, 0.2) is 35.6 Å². The van der Waals surface area contributed by atoms with Crippen LogP contribution in [0.5, 0.6) is 0 Å². The summed E-state index contributed by atoms with van der Waals surface area (Å²) in [6.07, 6.45) is 4.18. The molecule has 1 saturated carbocycles. The van der Waals surface area contributed by atoms with Crippen molar-refractivity contribution in [3.63, 3.8) is 0 Å². The molecule has 4 rings (SSSR count). The molecule has 130 valence electrons. The predicted molar refractivity (Wildman–Crippen MR) is 94.6 cm³/mol. The molecule has 7 nitrogen and oxygen atoms in total. The molecule has 3 N–H and O–H groups in total. The lowest BCUT2D eigenvalue weighted by Gasteiger charge is -2.12. The molecular formula is C17H18N4O3S. The first-order valence-electron chi connectivity index (χ1n) is 8.20. The average molecular weight is 358 g/mol. The van der Waals surface area contributed by atoms with Gasteiger partial charge in [0.25, 0.3) is 0 Å². The number of aliphatic hydroxyl groups excluding tert-OH is 1. The van der Waals surface area contributed by atoms with Crippen molar-refractivity contribution >= 4 is 28.6 Å². The fraction of sp³-hybridized carbons (Fsp3) is 0.353. The van der Waals surface area contributed by atoms with Crippen molar-refractivity contribution in [3.05, 3.63) is 30.5 Å². The van der Waals surface area contributed by atoms with Gasteiger partial charge >= 0.3 is 5.97 Å². The molecule has 0 amide bonds. The van der Waals surface area contributed by atoms with Gasteiger partial charge in [0.05, 0.1) is 0 Å². The number of fused-ring (bicyclic) bond motifs is 1. The van der Waals surface area contributed by atoms with Crippen molar-refractivity contribution < 1.29 is 15.0 Å². The van der Waals surface area contributed by atoms with E-state index in [0.717, 1.165) is 46.9 Å². The number of benzene rings is 1. The molecule has 1 fully saturated rings. The van der Waals surface area contributed by atoms with E-state index in [1.165, 1.54) is 0 Å². The Morgan fingerprint density at radius 2 is 2.16 bits per heavy atom. The maximum absolute atomic E-state index is 11.4. The van der Waals surface area contributed by atoms with Crippen LogP contribution in [0.2, 0.25) is 0 Å². The molecule has 1 atom stereocenters. The SMILES string of the molecule is O=C(O)[C@@H](CCO)Sc1nnc(-c2c[nH]c3ccccc23)n1C1CC1. The number of rotatable bonds is 7. The van der Waals surface area contributed by atoms with E-state index in [2.05, 4.69) is 15.2 Å². The number of aliphatic carboxylic acids is 1. The van der Waals surface area contributed by atoms with E-state index >= 15 is 0 Å². The molecule has 2 heterocycles.